The molecule has 0 aliphatic carbocycles. The number of aryl methyl sites for hydroxylation is 1. The molecule has 1 aliphatic heterocycles. The second-order valence-electron chi connectivity index (χ2n) is 4.40. The molecular formula is C12H17BrN2O. The Morgan fingerprint density at radius 2 is 2.38 bits per heavy atom. The van der Waals surface area contributed by atoms with Gasteiger partial charge in [-0.2, -0.15) is 0 Å². The van der Waals surface area contributed by atoms with Crippen LogP contribution >= 0.6 is 15.9 Å². The molecule has 1 fully saturated rings. The highest BCUT2D eigenvalue weighted by molar-refractivity contribution is 9.10. The summed E-state index contributed by atoms with van der Waals surface area (Å²) in [7, 11) is 0. The van der Waals surface area contributed by atoms with Crippen LogP contribution in [0.4, 0.5) is 0 Å². The molecular weight excluding hydrogens is 268 g/mol. The van der Waals surface area contributed by atoms with Crippen LogP contribution in [0.1, 0.15) is 18.9 Å². The molecule has 2 rings (SSSR count). The van der Waals surface area contributed by atoms with E-state index in [4.69, 9.17) is 4.74 Å². The molecule has 1 aliphatic rings. The van der Waals surface area contributed by atoms with E-state index in [1.807, 2.05) is 13.0 Å². The minimum Gasteiger partial charge on any atom is -0.473 e. The molecule has 88 valence electrons. The number of piperidine rings is 1. The van der Waals surface area contributed by atoms with Crippen molar-refractivity contribution < 1.29 is 4.74 Å². The van der Waals surface area contributed by atoms with E-state index in [0.717, 1.165) is 29.0 Å². The van der Waals surface area contributed by atoms with Gasteiger partial charge in [0.1, 0.15) is 6.10 Å². The van der Waals surface area contributed by atoms with Crippen molar-refractivity contribution in [2.75, 3.05) is 13.1 Å². The van der Waals surface area contributed by atoms with Crippen molar-refractivity contribution in [3.05, 3.63) is 22.3 Å². The Hall–Kier alpha value is -0.610. The Labute approximate surface area is 105 Å². The third-order valence-corrected chi connectivity index (χ3v) is 3.88. The summed E-state index contributed by atoms with van der Waals surface area (Å²) in [5, 5.41) is 3.35. The van der Waals surface area contributed by atoms with Crippen LogP contribution < -0.4 is 10.1 Å². The van der Waals surface area contributed by atoms with Crippen molar-refractivity contribution in [3.63, 3.8) is 0 Å². The van der Waals surface area contributed by atoms with Crippen molar-refractivity contribution >= 4 is 15.9 Å². The zero-order valence-electron chi connectivity index (χ0n) is 9.66. The van der Waals surface area contributed by atoms with Crippen LogP contribution in [0.5, 0.6) is 5.88 Å². The van der Waals surface area contributed by atoms with Crippen molar-refractivity contribution in [1.29, 1.82) is 0 Å². The first-order valence-electron chi connectivity index (χ1n) is 5.66. The lowest BCUT2D eigenvalue weighted by atomic mass is 9.97. The third-order valence-electron chi connectivity index (χ3n) is 3.05. The summed E-state index contributed by atoms with van der Waals surface area (Å²) in [4.78, 5) is 4.27. The van der Waals surface area contributed by atoms with Gasteiger partial charge in [0, 0.05) is 23.3 Å². The minimum atomic E-state index is 0.238. The molecule has 2 unspecified atom stereocenters. The Bertz CT molecular complexity index is 370. The second-order valence-corrected chi connectivity index (χ2v) is 5.25. The summed E-state index contributed by atoms with van der Waals surface area (Å²) >= 11 is 3.44. The van der Waals surface area contributed by atoms with E-state index in [-0.39, 0.29) is 6.10 Å². The summed E-state index contributed by atoms with van der Waals surface area (Å²) in [6, 6.07) is 1.98. The standard InChI is InChI=1S/C12H17BrN2O/c1-8-3-4-14-7-11(8)16-12-5-9(2)10(13)6-15-12/h5-6,8,11,14H,3-4,7H2,1-2H3. The number of hydrogen-bond donors (Lipinski definition) is 1. The number of nitrogens with one attached hydrogen (secondary N) is 1. The molecule has 1 aromatic heterocycles. The predicted octanol–water partition coefficient (Wildman–Crippen LogP) is 2.53. The van der Waals surface area contributed by atoms with E-state index in [1.165, 1.54) is 6.42 Å². The van der Waals surface area contributed by atoms with Crippen molar-refractivity contribution in [3.8, 4) is 5.88 Å². The van der Waals surface area contributed by atoms with E-state index in [1.54, 1.807) is 6.20 Å². The number of rotatable bonds is 2. The fraction of sp³-hybridized carbons (Fsp3) is 0.583. The lowest BCUT2D eigenvalue weighted by Gasteiger charge is -2.29. The van der Waals surface area contributed by atoms with Gasteiger partial charge in [-0.15, -0.1) is 0 Å². The van der Waals surface area contributed by atoms with Gasteiger partial charge in [0.2, 0.25) is 5.88 Å². The Morgan fingerprint density at radius 1 is 1.56 bits per heavy atom. The van der Waals surface area contributed by atoms with E-state index < -0.39 is 0 Å². The molecule has 1 N–H and O–H groups in total. The summed E-state index contributed by atoms with van der Waals surface area (Å²) < 4.78 is 6.93. The first kappa shape index (κ1) is 11.9. The highest BCUT2D eigenvalue weighted by Crippen LogP contribution is 2.22. The third kappa shape index (κ3) is 2.74. The molecule has 4 heteroatoms. The van der Waals surface area contributed by atoms with Crippen LogP contribution in [0.15, 0.2) is 16.7 Å². The van der Waals surface area contributed by atoms with E-state index in [2.05, 4.69) is 33.2 Å². The zero-order chi connectivity index (χ0) is 11.5. The lowest BCUT2D eigenvalue weighted by Crippen LogP contribution is -2.42. The van der Waals surface area contributed by atoms with E-state index in [9.17, 15) is 0 Å². The maximum absolute atomic E-state index is 5.91. The predicted molar refractivity (Wildman–Crippen MR) is 67.7 cm³/mol. The van der Waals surface area contributed by atoms with Gasteiger partial charge in [-0.3, -0.25) is 0 Å². The van der Waals surface area contributed by atoms with Crippen LogP contribution in [-0.4, -0.2) is 24.2 Å². The minimum absolute atomic E-state index is 0.238. The average molecular weight is 285 g/mol. The number of halogens is 1. The molecule has 0 amide bonds. The molecule has 3 nitrogen and oxygen atoms in total. The largest absolute Gasteiger partial charge is 0.473 e. The summed E-state index contributed by atoms with van der Waals surface area (Å²) in [6.07, 6.45) is 3.20. The molecule has 0 saturated carbocycles. The van der Waals surface area contributed by atoms with Gasteiger partial charge >= 0.3 is 0 Å². The van der Waals surface area contributed by atoms with Crippen LogP contribution in [0.25, 0.3) is 0 Å². The van der Waals surface area contributed by atoms with Crippen LogP contribution in [0.3, 0.4) is 0 Å². The molecule has 2 heterocycles. The molecule has 1 saturated heterocycles. The number of hydrogen-bond acceptors (Lipinski definition) is 3. The first-order valence-corrected chi connectivity index (χ1v) is 6.45. The van der Waals surface area contributed by atoms with Gasteiger partial charge < -0.3 is 10.1 Å². The highest BCUT2D eigenvalue weighted by Gasteiger charge is 2.22. The van der Waals surface area contributed by atoms with E-state index >= 15 is 0 Å². The van der Waals surface area contributed by atoms with Crippen LogP contribution in [0.2, 0.25) is 0 Å². The molecule has 16 heavy (non-hydrogen) atoms. The SMILES string of the molecule is Cc1cc(OC2CNCCC2C)ncc1Br. The van der Waals surface area contributed by atoms with Crippen molar-refractivity contribution in [2.24, 2.45) is 5.92 Å². The second kappa shape index (κ2) is 5.15. The summed E-state index contributed by atoms with van der Waals surface area (Å²) in [5.41, 5.74) is 1.15. The monoisotopic (exact) mass is 284 g/mol. The number of nitrogens with zero attached hydrogens (tertiary/aromatic N) is 1. The number of ether oxygens (including phenoxy) is 1. The van der Waals surface area contributed by atoms with Gasteiger partial charge in [-0.1, -0.05) is 6.92 Å². The van der Waals surface area contributed by atoms with Crippen molar-refractivity contribution in [1.82, 2.24) is 10.3 Å². The average Bonchev–Trinajstić information content (AvgIpc) is 2.27. The van der Waals surface area contributed by atoms with Gasteiger partial charge in [0.25, 0.3) is 0 Å². The maximum Gasteiger partial charge on any atom is 0.213 e. The summed E-state index contributed by atoms with van der Waals surface area (Å²) in [5.74, 6) is 1.31. The van der Waals surface area contributed by atoms with Gasteiger partial charge in [0.15, 0.2) is 0 Å². The molecule has 1 aromatic rings. The van der Waals surface area contributed by atoms with Crippen molar-refractivity contribution in [2.45, 2.75) is 26.4 Å². The van der Waals surface area contributed by atoms with Gasteiger partial charge in [-0.05, 0) is 47.3 Å². The zero-order valence-corrected chi connectivity index (χ0v) is 11.3. The first-order chi connectivity index (χ1) is 7.66. The fourth-order valence-corrected chi connectivity index (χ4v) is 2.07. The number of aromatic nitrogens is 1. The molecule has 2 atom stereocenters. The quantitative estimate of drug-likeness (QED) is 0.906. The van der Waals surface area contributed by atoms with Gasteiger partial charge in [-0.25, -0.2) is 4.98 Å². The lowest BCUT2D eigenvalue weighted by molar-refractivity contribution is 0.109. The Balaban J connectivity index is 2.05. The van der Waals surface area contributed by atoms with E-state index in [0.29, 0.717) is 5.92 Å². The Kier molecular flexibility index (Phi) is 3.82. The topological polar surface area (TPSA) is 34.1 Å². The molecule has 0 aromatic carbocycles. The molecule has 0 radical (unpaired) electrons. The highest BCUT2D eigenvalue weighted by atomic mass is 79.9. The molecule has 0 spiro atoms. The smallest absolute Gasteiger partial charge is 0.213 e. The fourth-order valence-electron chi connectivity index (χ4n) is 1.85. The normalized spacial score (nSPS) is 25.4. The number of pyridine rings is 1. The van der Waals surface area contributed by atoms with Crippen LogP contribution in [-0.2, 0) is 0 Å². The summed E-state index contributed by atoms with van der Waals surface area (Å²) in [6.45, 7) is 6.28. The molecule has 0 bridgehead atoms. The maximum atomic E-state index is 5.91. The van der Waals surface area contributed by atoms with Gasteiger partial charge in [0.05, 0.1) is 0 Å². The van der Waals surface area contributed by atoms with Crippen LogP contribution in [0, 0.1) is 12.8 Å². The Morgan fingerprint density at radius 3 is 3.06 bits per heavy atom.